The number of carbonyl (C=O) groups excluding carboxylic acids is 1. The SMILES string of the molecule is Cc1cc(C(=O)NCc2cccc(Cn3ccnc3)c2)c(C)n1-c1cccnc1. The second-order valence-electron chi connectivity index (χ2n) is 7.07. The summed E-state index contributed by atoms with van der Waals surface area (Å²) in [6.07, 6.45) is 9.05. The van der Waals surface area contributed by atoms with E-state index in [1.54, 1.807) is 24.9 Å². The Bertz CT molecular complexity index is 1110. The summed E-state index contributed by atoms with van der Waals surface area (Å²) >= 11 is 0. The van der Waals surface area contributed by atoms with Crippen molar-refractivity contribution >= 4 is 5.91 Å². The fourth-order valence-corrected chi connectivity index (χ4v) is 3.58. The third-order valence-electron chi connectivity index (χ3n) is 4.95. The maximum absolute atomic E-state index is 12.8. The van der Waals surface area contributed by atoms with E-state index in [9.17, 15) is 4.79 Å². The minimum atomic E-state index is -0.0757. The number of hydrogen-bond donors (Lipinski definition) is 1. The van der Waals surface area contributed by atoms with Crippen LogP contribution in [0.1, 0.15) is 32.9 Å². The van der Waals surface area contributed by atoms with Crippen LogP contribution in [0.4, 0.5) is 0 Å². The van der Waals surface area contributed by atoms with Crippen LogP contribution in [0.15, 0.2) is 73.6 Å². The average molecular weight is 385 g/mol. The molecule has 29 heavy (non-hydrogen) atoms. The van der Waals surface area contributed by atoms with Gasteiger partial charge in [-0.15, -0.1) is 0 Å². The van der Waals surface area contributed by atoms with Gasteiger partial charge >= 0.3 is 0 Å². The van der Waals surface area contributed by atoms with Crippen molar-refractivity contribution in [1.82, 2.24) is 24.4 Å². The van der Waals surface area contributed by atoms with Crippen LogP contribution >= 0.6 is 0 Å². The molecule has 3 heterocycles. The van der Waals surface area contributed by atoms with E-state index in [0.29, 0.717) is 12.1 Å². The maximum Gasteiger partial charge on any atom is 0.253 e. The minimum absolute atomic E-state index is 0.0757. The van der Waals surface area contributed by atoms with Gasteiger partial charge in [-0.05, 0) is 43.2 Å². The molecule has 0 aliphatic heterocycles. The predicted molar refractivity (Wildman–Crippen MR) is 112 cm³/mol. The Balaban J connectivity index is 1.47. The molecule has 0 saturated carbocycles. The molecule has 6 heteroatoms. The lowest BCUT2D eigenvalue weighted by atomic mass is 10.1. The Morgan fingerprint density at radius 1 is 1.03 bits per heavy atom. The van der Waals surface area contributed by atoms with E-state index in [2.05, 4.69) is 27.4 Å². The molecule has 0 saturated heterocycles. The molecule has 4 aromatic rings. The Hall–Kier alpha value is -3.67. The van der Waals surface area contributed by atoms with Gasteiger partial charge < -0.3 is 14.5 Å². The van der Waals surface area contributed by atoms with E-state index >= 15 is 0 Å². The first kappa shape index (κ1) is 18.7. The van der Waals surface area contributed by atoms with Crippen LogP contribution in [-0.4, -0.2) is 25.0 Å². The molecule has 4 rings (SSSR count). The van der Waals surface area contributed by atoms with Crippen molar-refractivity contribution in [2.75, 3.05) is 0 Å². The standard InChI is InChI=1S/C23H23N5O/c1-17-11-22(18(2)28(17)21-7-4-8-24-14-21)23(29)26-13-19-5-3-6-20(12-19)15-27-10-9-25-16-27/h3-12,14,16H,13,15H2,1-2H3,(H,26,29). The molecule has 1 N–H and O–H groups in total. The van der Waals surface area contributed by atoms with Gasteiger partial charge in [0.15, 0.2) is 0 Å². The lowest BCUT2D eigenvalue weighted by molar-refractivity contribution is 0.0950. The van der Waals surface area contributed by atoms with E-state index in [1.807, 2.05) is 59.5 Å². The smallest absolute Gasteiger partial charge is 0.253 e. The van der Waals surface area contributed by atoms with E-state index in [4.69, 9.17) is 0 Å². The summed E-state index contributed by atoms with van der Waals surface area (Å²) < 4.78 is 4.07. The number of benzene rings is 1. The molecule has 6 nitrogen and oxygen atoms in total. The van der Waals surface area contributed by atoms with Gasteiger partial charge in [0.1, 0.15) is 0 Å². The zero-order valence-electron chi connectivity index (χ0n) is 16.5. The number of nitrogens with one attached hydrogen (secondary N) is 1. The number of rotatable bonds is 6. The predicted octanol–water partition coefficient (Wildman–Crippen LogP) is 3.66. The van der Waals surface area contributed by atoms with Gasteiger partial charge in [0.2, 0.25) is 0 Å². The number of nitrogens with zero attached hydrogens (tertiary/aromatic N) is 4. The van der Waals surface area contributed by atoms with Crippen LogP contribution in [0.5, 0.6) is 0 Å². The highest BCUT2D eigenvalue weighted by Crippen LogP contribution is 2.20. The summed E-state index contributed by atoms with van der Waals surface area (Å²) in [6.45, 7) is 5.19. The number of hydrogen-bond acceptors (Lipinski definition) is 3. The first-order valence-corrected chi connectivity index (χ1v) is 9.53. The zero-order valence-corrected chi connectivity index (χ0v) is 16.5. The Kier molecular flexibility index (Phi) is 5.24. The molecule has 0 fully saturated rings. The molecule has 0 aliphatic rings. The quantitative estimate of drug-likeness (QED) is 0.551. The highest BCUT2D eigenvalue weighted by molar-refractivity contribution is 5.95. The molecule has 0 radical (unpaired) electrons. The van der Waals surface area contributed by atoms with Crippen LogP contribution in [0.2, 0.25) is 0 Å². The van der Waals surface area contributed by atoms with Crippen molar-refractivity contribution in [3.63, 3.8) is 0 Å². The molecule has 1 amide bonds. The van der Waals surface area contributed by atoms with E-state index in [-0.39, 0.29) is 5.91 Å². The molecule has 1 aromatic carbocycles. The molecule has 0 atom stereocenters. The number of carbonyl (C=O) groups is 1. The molecule has 0 aliphatic carbocycles. The Labute approximate surface area is 169 Å². The van der Waals surface area contributed by atoms with Crippen molar-refractivity contribution in [1.29, 1.82) is 0 Å². The summed E-state index contributed by atoms with van der Waals surface area (Å²) in [5, 5.41) is 3.05. The Morgan fingerprint density at radius 2 is 1.90 bits per heavy atom. The molecule has 146 valence electrons. The van der Waals surface area contributed by atoms with Gasteiger partial charge in [-0.25, -0.2) is 4.98 Å². The minimum Gasteiger partial charge on any atom is -0.348 e. The Morgan fingerprint density at radius 3 is 2.66 bits per heavy atom. The molecular formula is C23H23N5O. The van der Waals surface area contributed by atoms with Gasteiger partial charge in [0, 0.05) is 43.1 Å². The fraction of sp³-hybridized carbons (Fsp3) is 0.174. The van der Waals surface area contributed by atoms with Crippen LogP contribution in [0, 0.1) is 13.8 Å². The highest BCUT2D eigenvalue weighted by atomic mass is 16.1. The summed E-state index contributed by atoms with van der Waals surface area (Å²) in [6, 6.07) is 14.0. The summed E-state index contributed by atoms with van der Waals surface area (Å²) in [5.74, 6) is -0.0757. The van der Waals surface area contributed by atoms with Crippen molar-refractivity contribution < 1.29 is 4.79 Å². The summed E-state index contributed by atoms with van der Waals surface area (Å²) in [7, 11) is 0. The van der Waals surface area contributed by atoms with Crippen LogP contribution < -0.4 is 5.32 Å². The van der Waals surface area contributed by atoms with Crippen LogP contribution in [-0.2, 0) is 13.1 Å². The summed E-state index contributed by atoms with van der Waals surface area (Å²) in [4.78, 5) is 21.1. The number of aromatic nitrogens is 4. The first-order valence-electron chi connectivity index (χ1n) is 9.53. The average Bonchev–Trinajstić information content (AvgIpc) is 3.34. The number of pyridine rings is 1. The van der Waals surface area contributed by atoms with Crippen LogP contribution in [0.25, 0.3) is 5.69 Å². The van der Waals surface area contributed by atoms with Crippen molar-refractivity contribution in [3.05, 3.63) is 102 Å². The third-order valence-corrected chi connectivity index (χ3v) is 4.95. The van der Waals surface area contributed by atoms with Crippen molar-refractivity contribution in [3.8, 4) is 5.69 Å². The van der Waals surface area contributed by atoms with Gasteiger partial charge in [-0.2, -0.15) is 0 Å². The maximum atomic E-state index is 12.8. The second-order valence-corrected chi connectivity index (χ2v) is 7.07. The number of imidazole rings is 1. The van der Waals surface area contributed by atoms with Crippen LogP contribution in [0.3, 0.4) is 0 Å². The first-order chi connectivity index (χ1) is 14.1. The molecule has 0 bridgehead atoms. The molecule has 3 aromatic heterocycles. The number of aryl methyl sites for hydroxylation is 1. The van der Waals surface area contributed by atoms with Crippen molar-refractivity contribution in [2.24, 2.45) is 0 Å². The van der Waals surface area contributed by atoms with Gasteiger partial charge in [0.05, 0.1) is 23.8 Å². The van der Waals surface area contributed by atoms with E-state index < -0.39 is 0 Å². The zero-order chi connectivity index (χ0) is 20.2. The monoisotopic (exact) mass is 385 g/mol. The van der Waals surface area contributed by atoms with Crippen molar-refractivity contribution in [2.45, 2.75) is 26.9 Å². The topological polar surface area (TPSA) is 64.7 Å². The van der Waals surface area contributed by atoms with Gasteiger partial charge in [-0.1, -0.05) is 24.3 Å². The third kappa shape index (κ3) is 4.11. The number of amides is 1. The lowest BCUT2D eigenvalue weighted by Crippen LogP contribution is -2.23. The molecule has 0 spiro atoms. The molecule has 0 unspecified atom stereocenters. The fourth-order valence-electron chi connectivity index (χ4n) is 3.58. The van der Waals surface area contributed by atoms with Gasteiger partial charge in [-0.3, -0.25) is 9.78 Å². The lowest BCUT2D eigenvalue weighted by Gasteiger charge is -2.10. The largest absolute Gasteiger partial charge is 0.348 e. The normalized spacial score (nSPS) is 10.8. The van der Waals surface area contributed by atoms with E-state index in [1.165, 1.54) is 5.56 Å². The second kappa shape index (κ2) is 8.14. The molecular weight excluding hydrogens is 362 g/mol. The van der Waals surface area contributed by atoms with E-state index in [0.717, 1.165) is 29.2 Å². The van der Waals surface area contributed by atoms with Gasteiger partial charge in [0.25, 0.3) is 5.91 Å². The summed E-state index contributed by atoms with van der Waals surface area (Å²) in [5.41, 5.74) is 5.78. The highest BCUT2D eigenvalue weighted by Gasteiger charge is 2.16.